The van der Waals surface area contributed by atoms with Crippen molar-refractivity contribution in [3.8, 4) is 5.75 Å². The maximum Gasteiger partial charge on any atom is 0.320 e. The zero-order valence-corrected chi connectivity index (χ0v) is 11.0. The summed E-state index contributed by atoms with van der Waals surface area (Å²) >= 11 is 0. The fraction of sp³-hybridized carbons (Fsp3) is 0.385. The lowest BCUT2D eigenvalue weighted by Crippen LogP contribution is -2.41. The van der Waals surface area contributed by atoms with Gasteiger partial charge in [0.1, 0.15) is 11.8 Å². The summed E-state index contributed by atoms with van der Waals surface area (Å²) in [6, 6.07) is 6.61. The number of aliphatic carboxylic acids is 1. The van der Waals surface area contributed by atoms with Gasteiger partial charge in [-0.3, -0.25) is 14.9 Å². The molecule has 6 nitrogen and oxygen atoms in total. The van der Waals surface area contributed by atoms with Crippen molar-refractivity contribution in [1.82, 2.24) is 10.6 Å². The van der Waals surface area contributed by atoms with Crippen LogP contribution in [-0.2, 0) is 16.1 Å². The van der Waals surface area contributed by atoms with Gasteiger partial charge < -0.3 is 15.2 Å². The number of carbonyl (C=O) groups is 2. The number of ether oxygens (including phenoxy) is 1. The van der Waals surface area contributed by atoms with Gasteiger partial charge in [-0.25, -0.2) is 0 Å². The Morgan fingerprint density at radius 1 is 1.42 bits per heavy atom. The van der Waals surface area contributed by atoms with Gasteiger partial charge in [0.25, 0.3) is 0 Å². The molecule has 104 valence electrons. The number of hydrogen-bond acceptors (Lipinski definition) is 4. The van der Waals surface area contributed by atoms with Crippen LogP contribution in [0.15, 0.2) is 24.3 Å². The van der Waals surface area contributed by atoms with E-state index in [2.05, 4.69) is 10.6 Å². The van der Waals surface area contributed by atoms with E-state index in [-0.39, 0.29) is 12.5 Å². The van der Waals surface area contributed by atoms with Crippen LogP contribution < -0.4 is 15.4 Å². The molecule has 1 atom stereocenters. The number of carbonyl (C=O) groups excluding carboxylic acids is 1. The summed E-state index contributed by atoms with van der Waals surface area (Å²) in [5.41, 5.74) is 0.916. The minimum atomic E-state index is -0.986. The topological polar surface area (TPSA) is 87.7 Å². The zero-order valence-electron chi connectivity index (χ0n) is 11.0. The fourth-order valence-corrected chi connectivity index (χ4v) is 1.38. The minimum Gasteiger partial charge on any atom is -0.497 e. The smallest absolute Gasteiger partial charge is 0.320 e. The summed E-state index contributed by atoms with van der Waals surface area (Å²) in [6.45, 7) is 1.83. The second-order valence-electron chi connectivity index (χ2n) is 4.07. The SMILES string of the molecule is COc1cccc(CNC(=O)CN[C@@H](C)C(=O)O)c1. The van der Waals surface area contributed by atoms with E-state index in [9.17, 15) is 9.59 Å². The summed E-state index contributed by atoms with van der Waals surface area (Å²) in [5, 5.41) is 14.0. The largest absolute Gasteiger partial charge is 0.497 e. The van der Waals surface area contributed by atoms with Crippen molar-refractivity contribution in [2.45, 2.75) is 19.5 Å². The van der Waals surface area contributed by atoms with Gasteiger partial charge in [-0.1, -0.05) is 12.1 Å². The van der Waals surface area contributed by atoms with Crippen LogP contribution in [0.5, 0.6) is 5.75 Å². The van der Waals surface area contributed by atoms with Gasteiger partial charge in [0.05, 0.1) is 13.7 Å². The van der Waals surface area contributed by atoms with Crippen LogP contribution >= 0.6 is 0 Å². The summed E-state index contributed by atoms with van der Waals surface area (Å²) in [5.74, 6) is -0.513. The first-order valence-electron chi connectivity index (χ1n) is 5.88. The molecule has 3 N–H and O–H groups in total. The third kappa shape index (κ3) is 5.39. The van der Waals surface area contributed by atoms with Crippen LogP contribution in [0.3, 0.4) is 0 Å². The Kier molecular flexibility index (Phi) is 5.81. The third-order valence-electron chi connectivity index (χ3n) is 2.56. The molecule has 1 rings (SSSR count). The Morgan fingerprint density at radius 2 is 2.16 bits per heavy atom. The van der Waals surface area contributed by atoms with E-state index in [4.69, 9.17) is 9.84 Å². The number of benzene rings is 1. The van der Waals surface area contributed by atoms with Gasteiger partial charge >= 0.3 is 5.97 Å². The maximum absolute atomic E-state index is 11.5. The van der Waals surface area contributed by atoms with Crippen LogP contribution in [-0.4, -0.2) is 36.7 Å². The van der Waals surface area contributed by atoms with E-state index >= 15 is 0 Å². The standard InChI is InChI=1S/C13H18N2O4/c1-9(13(17)18)14-8-12(16)15-7-10-4-3-5-11(6-10)19-2/h3-6,9,14H,7-8H2,1-2H3,(H,15,16)(H,17,18)/t9-/m0/s1. The highest BCUT2D eigenvalue weighted by Gasteiger charge is 2.11. The molecule has 0 radical (unpaired) electrons. The van der Waals surface area contributed by atoms with Crippen molar-refractivity contribution in [3.63, 3.8) is 0 Å². The zero-order chi connectivity index (χ0) is 14.3. The number of methoxy groups -OCH3 is 1. The lowest BCUT2D eigenvalue weighted by atomic mass is 10.2. The molecule has 1 aromatic rings. The number of carboxylic acid groups (broad SMARTS) is 1. The van der Waals surface area contributed by atoms with E-state index in [1.54, 1.807) is 7.11 Å². The maximum atomic E-state index is 11.5. The van der Waals surface area contributed by atoms with Gasteiger partial charge in [-0.15, -0.1) is 0 Å². The molecule has 0 aromatic heterocycles. The molecule has 0 aliphatic carbocycles. The van der Waals surface area contributed by atoms with Gasteiger partial charge in [0.2, 0.25) is 5.91 Å². The molecule has 0 bridgehead atoms. The Morgan fingerprint density at radius 3 is 2.79 bits per heavy atom. The van der Waals surface area contributed by atoms with Crippen molar-refractivity contribution in [2.24, 2.45) is 0 Å². The average Bonchev–Trinajstić information content (AvgIpc) is 2.42. The summed E-state index contributed by atoms with van der Waals surface area (Å²) in [6.07, 6.45) is 0. The van der Waals surface area contributed by atoms with E-state index in [1.807, 2.05) is 24.3 Å². The first kappa shape index (κ1) is 15.0. The summed E-state index contributed by atoms with van der Waals surface area (Å²) in [7, 11) is 1.58. The van der Waals surface area contributed by atoms with E-state index < -0.39 is 12.0 Å². The van der Waals surface area contributed by atoms with Gasteiger partial charge in [-0.2, -0.15) is 0 Å². The molecule has 0 unspecified atom stereocenters. The Hall–Kier alpha value is -2.08. The molecular formula is C13H18N2O4. The monoisotopic (exact) mass is 266 g/mol. The first-order chi connectivity index (χ1) is 9.02. The predicted molar refractivity (Wildman–Crippen MR) is 69.9 cm³/mol. The Labute approximate surface area is 111 Å². The van der Waals surface area contributed by atoms with Crippen LogP contribution in [0.1, 0.15) is 12.5 Å². The van der Waals surface area contributed by atoms with Gasteiger partial charge in [0.15, 0.2) is 0 Å². The van der Waals surface area contributed by atoms with Crippen LogP contribution in [0.25, 0.3) is 0 Å². The van der Waals surface area contributed by atoms with E-state index in [0.29, 0.717) is 6.54 Å². The minimum absolute atomic E-state index is 0.0303. The fourth-order valence-electron chi connectivity index (χ4n) is 1.38. The molecule has 0 aliphatic rings. The molecule has 1 aromatic carbocycles. The predicted octanol–water partition coefficient (Wildman–Crippen LogP) is 0.374. The number of rotatable bonds is 7. The number of hydrogen-bond donors (Lipinski definition) is 3. The first-order valence-corrected chi connectivity index (χ1v) is 5.88. The van der Waals surface area contributed by atoms with Crippen molar-refractivity contribution in [3.05, 3.63) is 29.8 Å². The molecule has 6 heteroatoms. The highest BCUT2D eigenvalue weighted by atomic mass is 16.5. The van der Waals surface area contributed by atoms with Crippen molar-refractivity contribution < 1.29 is 19.4 Å². The highest BCUT2D eigenvalue weighted by molar-refractivity contribution is 5.79. The van der Waals surface area contributed by atoms with Crippen LogP contribution in [0, 0.1) is 0 Å². The molecule has 0 fully saturated rings. The normalized spacial score (nSPS) is 11.7. The Balaban J connectivity index is 2.35. The summed E-state index contributed by atoms with van der Waals surface area (Å²) < 4.78 is 5.08. The molecule has 1 amide bonds. The molecule has 0 saturated carbocycles. The second-order valence-corrected chi connectivity index (χ2v) is 4.07. The van der Waals surface area contributed by atoms with Crippen molar-refractivity contribution in [2.75, 3.05) is 13.7 Å². The second kappa shape index (κ2) is 7.38. The molecule has 0 saturated heterocycles. The van der Waals surface area contributed by atoms with Crippen LogP contribution in [0.2, 0.25) is 0 Å². The lowest BCUT2D eigenvalue weighted by Gasteiger charge is -2.10. The number of nitrogens with one attached hydrogen (secondary N) is 2. The van der Waals surface area contributed by atoms with Gasteiger partial charge in [-0.05, 0) is 24.6 Å². The molecular weight excluding hydrogens is 248 g/mol. The van der Waals surface area contributed by atoms with Gasteiger partial charge in [0, 0.05) is 6.54 Å². The van der Waals surface area contributed by atoms with E-state index in [0.717, 1.165) is 11.3 Å². The van der Waals surface area contributed by atoms with Crippen LogP contribution in [0.4, 0.5) is 0 Å². The van der Waals surface area contributed by atoms with Crippen molar-refractivity contribution >= 4 is 11.9 Å². The molecule has 0 spiro atoms. The highest BCUT2D eigenvalue weighted by Crippen LogP contribution is 2.11. The lowest BCUT2D eigenvalue weighted by molar-refractivity contribution is -0.139. The molecule has 19 heavy (non-hydrogen) atoms. The average molecular weight is 266 g/mol. The number of carboxylic acids is 1. The van der Waals surface area contributed by atoms with Crippen molar-refractivity contribution in [1.29, 1.82) is 0 Å². The summed E-state index contributed by atoms with van der Waals surface area (Å²) in [4.78, 5) is 22.1. The third-order valence-corrected chi connectivity index (χ3v) is 2.56. The molecule has 0 aliphatic heterocycles. The quantitative estimate of drug-likeness (QED) is 0.664. The van der Waals surface area contributed by atoms with E-state index in [1.165, 1.54) is 6.92 Å². The number of amides is 1. The molecule has 0 heterocycles. The Bertz CT molecular complexity index is 448.